The third kappa shape index (κ3) is 1.43. The Labute approximate surface area is 80.2 Å². The molecule has 1 heteroatoms. The highest BCUT2D eigenvalue weighted by atomic mass is 14.9. The SMILES string of the molecule is Cc1ccc2c(c1)[C@@H](C(C)C)CN2. The van der Waals surface area contributed by atoms with Crippen LogP contribution in [0.5, 0.6) is 0 Å². The minimum Gasteiger partial charge on any atom is -0.384 e. The van der Waals surface area contributed by atoms with Gasteiger partial charge in [-0.15, -0.1) is 0 Å². The molecular weight excluding hydrogens is 158 g/mol. The summed E-state index contributed by atoms with van der Waals surface area (Å²) in [6.07, 6.45) is 0. The van der Waals surface area contributed by atoms with E-state index in [1.807, 2.05) is 0 Å². The predicted octanol–water partition coefficient (Wildman–Crippen LogP) is 3.16. The van der Waals surface area contributed by atoms with E-state index >= 15 is 0 Å². The van der Waals surface area contributed by atoms with Crippen LogP contribution in [0.25, 0.3) is 0 Å². The molecule has 0 spiro atoms. The summed E-state index contributed by atoms with van der Waals surface area (Å²) in [5, 5.41) is 3.46. The minimum atomic E-state index is 0.704. The number of aryl methyl sites for hydroxylation is 1. The molecule has 0 unspecified atom stereocenters. The second-order valence-electron chi connectivity index (χ2n) is 4.32. The van der Waals surface area contributed by atoms with Crippen molar-refractivity contribution in [3.63, 3.8) is 0 Å². The summed E-state index contributed by atoms with van der Waals surface area (Å²) < 4.78 is 0. The van der Waals surface area contributed by atoms with Gasteiger partial charge in [0, 0.05) is 18.2 Å². The van der Waals surface area contributed by atoms with Crippen LogP contribution < -0.4 is 5.32 Å². The maximum absolute atomic E-state index is 3.46. The fraction of sp³-hybridized carbons (Fsp3) is 0.500. The Kier molecular flexibility index (Phi) is 2.03. The molecule has 0 saturated heterocycles. The van der Waals surface area contributed by atoms with E-state index < -0.39 is 0 Å². The van der Waals surface area contributed by atoms with Gasteiger partial charge in [-0.25, -0.2) is 0 Å². The normalized spacial score (nSPS) is 20.2. The van der Waals surface area contributed by atoms with Gasteiger partial charge in [-0.1, -0.05) is 31.5 Å². The molecule has 1 heterocycles. The van der Waals surface area contributed by atoms with Crippen LogP contribution in [-0.4, -0.2) is 6.54 Å². The Hall–Kier alpha value is -0.980. The van der Waals surface area contributed by atoms with Crippen molar-refractivity contribution >= 4 is 5.69 Å². The van der Waals surface area contributed by atoms with Crippen LogP contribution >= 0.6 is 0 Å². The molecule has 1 N–H and O–H groups in total. The second-order valence-corrected chi connectivity index (χ2v) is 4.32. The van der Waals surface area contributed by atoms with E-state index in [1.165, 1.54) is 16.8 Å². The summed E-state index contributed by atoms with van der Waals surface area (Å²) in [6, 6.07) is 6.70. The molecule has 0 saturated carbocycles. The molecule has 13 heavy (non-hydrogen) atoms. The molecule has 1 aromatic rings. The fourth-order valence-electron chi connectivity index (χ4n) is 2.07. The number of benzene rings is 1. The lowest BCUT2D eigenvalue weighted by atomic mass is 9.90. The Morgan fingerprint density at radius 3 is 2.85 bits per heavy atom. The van der Waals surface area contributed by atoms with Gasteiger partial charge < -0.3 is 5.32 Å². The molecule has 1 nitrogen and oxygen atoms in total. The zero-order chi connectivity index (χ0) is 9.42. The molecule has 0 bridgehead atoms. The third-order valence-electron chi connectivity index (χ3n) is 2.92. The summed E-state index contributed by atoms with van der Waals surface area (Å²) in [5.74, 6) is 1.44. The zero-order valence-corrected chi connectivity index (χ0v) is 8.59. The smallest absolute Gasteiger partial charge is 0.0376 e. The Bertz CT molecular complexity index is 315. The maximum atomic E-state index is 3.46. The first-order valence-corrected chi connectivity index (χ1v) is 5.03. The highest BCUT2D eigenvalue weighted by Crippen LogP contribution is 2.36. The summed E-state index contributed by atoms with van der Waals surface area (Å²) in [7, 11) is 0. The van der Waals surface area contributed by atoms with Gasteiger partial charge in [-0.2, -0.15) is 0 Å². The van der Waals surface area contributed by atoms with Gasteiger partial charge in [-0.05, 0) is 24.5 Å². The number of fused-ring (bicyclic) bond motifs is 1. The van der Waals surface area contributed by atoms with Crippen molar-refractivity contribution in [1.82, 2.24) is 0 Å². The van der Waals surface area contributed by atoms with E-state index in [0.717, 1.165) is 12.5 Å². The lowest BCUT2D eigenvalue weighted by molar-refractivity contribution is 0.533. The van der Waals surface area contributed by atoms with E-state index in [0.29, 0.717) is 5.92 Å². The van der Waals surface area contributed by atoms with Gasteiger partial charge in [0.2, 0.25) is 0 Å². The number of anilines is 1. The third-order valence-corrected chi connectivity index (χ3v) is 2.92. The molecule has 1 aliphatic heterocycles. The molecule has 0 aromatic heterocycles. The van der Waals surface area contributed by atoms with Crippen molar-refractivity contribution in [2.45, 2.75) is 26.7 Å². The van der Waals surface area contributed by atoms with Gasteiger partial charge in [0.05, 0.1) is 0 Å². The quantitative estimate of drug-likeness (QED) is 0.691. The van der Waals surface area contributed by atoms with Gasteiger partial charge in [0.15, 0.2) is 0 Å². The van der Waals surface area contributed by atoms with E-state index in [4.69, 9.17) is 0 Å². The number of nitrogens with one attached hydrogen (secondary N) is 1. The first kappa shape index (κ1) is 8.61. The van der Waals surface area contributed by atoms with Crippen LogP contribution in [0, 0.1) is 12.8 Å². The fourth-order valence-corrected chi connectivity index (χ4v) is 2.07. The van der Waals surface area contributed by atoms with Gasteiger partial charge in [0.25, 0.3) is 0 Å². The minimum absolute atomic E-state index is 0.704. The highest BCUT2D eigenvalue weighted by Gasteiger charge is 2.24. The molecule has 1 aromatic carbocycles. The van der Waals surface area contributed by atoms with Crippen LogP contribution in [0.15, 0.2) is 18.2 Å². The molecule has 0 amide bonds. The van der Waals surface area contributed by atoms with Gasteiger partial charge in [-0.3, -0.25) is 0 Å². The standard InChI is InChI=1S/C12H17N/c1-8(2)11-7-13-12-5-4-9(3)6-10(11)12/h4-6,8,11,13H,7H2,1-3H3/t11-/m1/s1. The van der Waals surface area contributed by atoms with Crippen LogP contribution in [0.4, 0.5) is 5.69 Å². The molecule has 1 atom stereocenters. The first-order chi connectivity index (χ1) is 6.18. The van der Waals surface area contributed by atoms with Gasteiger partial charge >= 0.3 is 0 Å². The molecule has 1 aliphatic rings. The summed E-state index contributed by atoms with van der Waals surface area (Å²) in [5.41, 5.74) is 4.22. The van der Waals surface area contributed by atoms with E-state index in [1.54, 1.807) is 0 Å². The van der Waals surface area contributed by atoms with Crippen LogP contribution in [0.1, 0.15) is 30.9 Å². The summed E-state index contributed by atoms with van der Waals surface area (Å²) >= 11 is 0. The van der Waals surface area contributed by atoms with Crippen molar-refractivity contribution in [2.75, 3.05) is 11.9 Å². The topological polar surface area (TPSA) is 12.0 Å². The molecule has 0 aliphatic carbocycles. The number of hydrogen-bond donors (Lipinski definition) is 1. The van der Waals surface area contributed by atoms with Crippen LogP contribution in [0.3, 0.4) is 0 Å². The monoisotopic (exact) mass is 175 g/mol. The summed E-state index contributed by atoms with van der Waals surface area (Å²) in [6.45, 7) is 7.86. The van der Waals surface area contributed by atoms with Gasteiger partial charge in [0.1, 0.15) is 0 Å². The van der Waals surface area contributed by atoms with Crippen LogP contribution in [-0.2, 0) is 0 Å². The van der Waals surface area contributed by atoms with Crippen molar-refractivity contribution in [3.05, 3.63) is 29.3 Å². The van der Waals surface area contributed by atoms with Crippen molar-refractivity contribution in [3.8, 4) is 0 Å². The van der Waals surface area contributed by atoms with Crippen LogP contribution in [0.2, 0.25) is 0 Å². The lowest BCUT2D eigenvalue weighted by Gasteiger charge is -2.14. The Balaban J connectivity index is 2.40. The maximum Gasteiger partial charge on any atom is 0.0376 e. The van der Waals surface area contributed by atoms with E-state index in [-0.39, 0.29) is 0 Å². The predicted molar refractivity (Wildman–Crippen MR) is 57.2 cm³/mol. The van der Waals surface area contributed by atoms with Crippen molar-refractivity contribution in [1.29, 1.82) is 0 Å². The Morgan fingerprint density at radius 2 is 2.15 bits per heavy atom. The highest BCUT2D eigenvalue weighted by molar-refractivity contribution is 5.58. The molecular formula is C12H17N. The first-order valence-electron chi connectivity index (χ1n) is 5.03. The molecule has 2 rings (SSSR count). The summed E-state index contributed by atoms with van der Waals surface area (Å²) in [4.78, 5) is 0. The van der Waals surface area contributed by atoms with E-state index in [9.17, 15) is 0 Å². The lowest BCUT2D eigenvalue weighted by Crippen LogP contribution is -2.08. The molecule has 0 fully saturated rings. The largest absolute Gasteiger partial charge is 0.384 e. The average molecular weight is 175 g/mol. The van der Waals surface area contributed by atoms with Crippen molar-refractivity contribution in [2.24, 2.45) is 5.92 Å². The molecule has 0 radical (unpaired) electrons. The zero-order valence-electron chi connectivity index (χ0n) is 8.59. The van der Waals surface area contributed by atoms with Crippen molar-refractivity contribution < 1.29 is 0 Å². The number of rotatable bonds is 1. The Morgan fingerprint density at radius 1 is 1.38 bits per heavy atom. The molecule has 70 valence electrons. The average Bonchev–Trinajstić information content (AvgIpc) is 2.46. The second kappa shape index (κ2) is 3.06. The number of hydrogen-bond acceptors (Lipinski definition) is 1. The van der Waals surface area contributed by atoms with E-state index in [2.05, 4.69) is 44.3 Å².